The van der Waals surface area contributed by atoms with Gasteiger partial charge in [0.1, 0.15) is 5.00 Å². The summed E-state index contributed by atoms with van der Waals surface area (Å²) in [5.74, 6) is -0.951. The van der Waals surface area contributed by atoms with Gasteiger partial charge in [0.15, 0.2) is 5.17 Å². The molecule has 1 amide bonds. The van der Waals surface area contributed by atoms with Crippen LogP contribution in [-0.4, -0.2) is 43.1 Å². The smallest absolute Gasteiger partial charge is 0.339 e. The van der Waals surface area contributed by atoms with Crippen LogP contribution in [0, 0.1) is 13.8 Å². The van der Waals surface area contributed by atoms with Gasteiger partial charge in [0.25, 0.3) is 5.91 Å². The normalized spacial score (nSPS) is 16.9. The number of thiophene rings is 1. The lowest BCUT2D eigenvalue weighted by Crippen LogP contribution is -2.31. The molecule has 2 aliphatic rings. The number of aromatic nitrogens is 2. The van der Waals surface area contributed by atoms with Crippen LogP contribution >= 0.6 is 23.1 Å². The number of thioether (sulfide) groups is 1. The highest BCUT2D eigenvalue weighted by molar-refractivity contribution is 8.18. The van der Waals surface area contributed by atoms with Crippen molar-refractivity contribution in [3.05, 3.63) is 110 Å². The van der Waals surface area contributed by atoms with E-state index < -0.39 is 5.97 Å². The highest BCUT2D eigenvalue weighted by Crippen LogP contribution is 2.40. The molecule has 0 saturated carbocycles. The number of carbonyl (C=O) groups is 2. The molecule has 0 radical (unpaired) electrons. The van der Waals surface area contributed by atoms with Gasteiger partial charge in [0, 0.05) is 39.9 Å². The number of H-pyrrole nitrogens is 1. The number of rotatable bonds is 7. The molecule has 2 aromatic carbocycles. The predicted octanol–water partition coefficient (Wildman–Crippen LogP) is 8.06. The van der Waals surface area contributed by atoms with E-state index in [9.17, 15) is 14.7 Å². The molecule has 1 aliphatic heterocycles. The van der Waals surface area contributed by atoms with E-state index in [2.05, 4.69) is 21.7 Å². The van der Waals surface area contributed by atoms with Gasteiger partial charge in [-0.3, -0.25) is 9.69 Å². The van der Waals surface area contributed by atoms with Crippen LogP contribution in [0.15, 0.2) is 76.8 Å². The molecular formula is C35H32N4O3S2. The molecule has 7 rings (SSSR count). The van der Waals surface area contributed by atoms with Gasteiger partial charge in [-0.2, -0.15) is 0 Å². The Morgan fingerprint density at radius 3 is 2.66 bits per heavy atom. The monoisotopic (exact) mass is 620 g/mol. The lowest BCUT2D eigenvalue weighted by Gasteiger charge is -2.15. The van der Waals surface area contributed by atoms with Crippen LogP contribution in [0.2, 0.25) is 0 Å². The number of amides is 1. The Morgan fingerprint density at radius 1 is 1.07 bits per heavy atom. The topological polar surface area (TPSA) is 90.7 Å². The number of hydrogen-bond donors (Lipinski definition) is 2. The fraction of sp³-hybridized carbons (Fsp3) is 0.229. The van der Waals surface area contributed by atoms with Gasteiger partial charge in [-0.25, -0.2) is 9.79 Å². The average molecular weight is 621 g/mol. The van der Waals surface area contributed by atoms with Crippen molar-refractivity contribution in [3.8, 4) is 5.00 Å². The molecular weight excluding hydrogens is 589 g/mol. The molecule has 1 fully saturated rings. The predicted molar refractivity (Wildman–Crippen MR) is 180 cm³/mol. The van der Waals surface area contributed by atoms with E-state index >= 15 is 0 Å². The first-order valence-corrected chi connectivity index (χ1v) is 16.5. The fourth-order valence-electron chi connectivity index (χ4n) is 6.29. The Hall–Kier alpha value is -4.34. The average Bonchev–Trinajstić information content (AvgIpc) is 3.75. The lowest BCUT2D eigenvalue weighted by atomic mass is 9.95. The number of benzene rings is 2. The SMILES string of the molecule is Cc1cc(/C=C2\SC(=Nc3ccccc3)N(CCc3c[nH]c4ccccc34)C2=O)c(C)n1-c1sc2c(c1C(=O)O)CCCC2. The first-order chi connectivity index (χ1) is 21.4. The number of aliphatic imine (C=N–C) groups is 1. The summed E-state index contributed by atoms with van der Waals surface area (Å²) in [6.45, 7) is 4.50. The summed E-state index contributed by atoms with van der Waals surface area (Å²) in [5, 5.41) is 12.8. The molecule has 3 aromatic heterocycles. The minimum Gasteiger partial charge on any atom is -0.478 e. The number of para-hydroxylation sites is 2. The molecule has 5 aromatic rings. The van der Waals surface area contributed by atoms with Crippen LogP contribution in [0.4, 0.5) is 5.69 Å². The third kappa shape index (κ3) is 5.10. The zero-order chi connectivity index (χ0) is 30.4. The number of hydrogen-bond acceptors (Lipinski definition) is 5. The third-order valence-corrected chi connectivity index (χ3v) is 10.8. The molecule has 0 spiro atoms. The molecule has 4 heterocycles. The molecule has 0 atom stereocenters. The Labute approximate surface area is 263 Å². The minimum absolute atomic E-state index is 0.0767. The van der Waals surface area contributed by atoms with Gasteiger partial charge in [-0.05, 0) is 105 Å². The highest BCUT2D eigenvalue weighted by atomic mass is 32.2. The third-order valence-electron chi connectivity index (χ3n) is 8.48. The first-order valence-electron chi connectivity index (χ1n) is 14.9. The summed E-state index contributed by atoms with van der Waals surface area (Å²) in [6.07, 6.45) is 8.50. The van der Waals surface area contributed by atoms with Crippen molar-refractivity contribution < 1.29 is 14.7 Å². The van der Waals surface area contributed by atoms with E-state index in [0.717, 1.165) is 75.4 Å². The van der Waals surface area contributed by atoms with Crippen LogP contribution in [0.5, 0.6) is 0 Å². The van der Waals surface area contributed by atoms with Crippen molar-refractivity contribution in [3.63, 3.8) is 0 Å². The number of carboxylic acid groups (broad SMARTS) is 1. The molecule has 2 N–H and O–H groups in total. The Bertz CT molecular complexity index is 1980. The van der Waals surface area contributed by atoms with Crippen LogP contribution in [0.3, 0.4) is 0 Å². The van der Waals surface area contributed by atoms with E-state index in [4.69, 9.17) is 4.99 Å². The number of nitrogens with zero attached hydrogens (tertiary/aromatic N) is 3. The second-order valence-corrected chi connectivity index (χ2v) is 13.4. The van der Waals surface area contributed by atoms with Crippen LogP contribution < -0.4 is 0 Å². The van der Waals surface area contributed by atoms with E-state index in [1.165, 1.54) is 16.6 Å². The van der Waals surface area contributed by atoms with Crippen LogP contribution in [0.1, 0.15) is 56.2 Å². The Kier molecular flexibility index (Phi) is 7.52. The summed E-state index contributed by atoms with van der Waals surface area (Å²) < 4.78 is 2.05. The zero-order valence-electron chi connectivity index (χ0n) is 24.6. The molecule has 222 valence electrons. The molecule has 0 bridgehead atoms. The van der Waals surface area contributed by atoms with Crippen molar-refractivity contribution in [2.45, 2.75) is 46.0 Å². The quantitative estimate of drug-likeness (QED) is 0.180. The Morgan fingerprint density at radius 2 is 1.84 bits per heavy atom. The van der Waals surface area contributed by atoms with Gasteiger partial charge in [-0.15, -0.1) is 11.3 Å². The van der Waals surface area contributed by atoms with Gasteiger partial charge < -0.3 is 14.7 Å². The van der Waals surface area contributed by atoms with Gasteiger partial charge in [0.05, 0.1) is 16.2 Å². The lowest BCUT2D eigenvalue weighted by molar-refractivity contribution is -0.122. The van der Waals surface area contributed by atoms with Crippen molar-refractivity contribution in [1.82, 2.24) is 14.5 Å². The van der Waals surface area contributed by atoms with E-state index in [1.807, 2.05) is 74.7 Å². The van der Waals surface area contributed by atoms with Crippen molar-refractivity contribution >= 4 is 62.8 Å². The van der Waals surface area contributed by atoms with Crippen LogP contribution in [-0.2, 0) is 24.1 Å². The number of aromatic amines is 1. The van der Waals surface area contributed by atoms with E-state index in [1.54, 1.807) is 16.2 Å². The molecule has 9 heteroatoms. The van der Waals surface area contributed by atoms with Crippen LogP contribution in [0.25, 0.3) is 22.0 Å². The largest absolute Gasteiger partial charge is 0.478 e. The number of carbonyl (C=O) groups excluding carboxylic acids is 1. The first kappa shape index (κ1) is 28.4. The molecule has 1 saturated heterocycles. The number of amidine groups is 1. The highest BCUT2D eigenvalue weighted by Gasteiger charge is 2.34. The van der Waals surface area contributed by atoms with E-state index in [-0.39, 0.29) is 5.91 Å². The van der Waals surface area contributed by atoms with Gasteiger partial charge in [-0.1, -0.05) is 36.4 Å². The summed E-state index contributed by atoms with van der Waals surface area (Å²) in [4.78, 5) is 38.1. The second-order valence-electron chi connectivity index (χ2n) is 11.3. The summed E-state index contributed by atoms with van der Waals surface area (Å²) in [5.41, 5.74) is 7.22. The maximum Gasteiger partial charge on any atom is 0.339 e. The zero-order valence-corrected chi connectivity index (χ0v) is 26.2. The maximum absolute atomic E-state index is 13.9. The van der Waals surface area contributed by atoms with Crippen molar-refractivity contribution in [2.24, 2.45) is 4.99 Å². The molecule has 1 aliphatic carbocycles. The fourth-order valence-corrected chi connectivity index (χ4v) is 8.80. The van der Waals surface area contributed by atoms with Crippen molar-refractivity contribution in [2.75, 3.05) is 6.54 Å². The molecule has 7 nitrogen and oxygen atoms in total. The number of nitrogens with one attached hydrogen (secondary N) is 1. The van der Waals surface area contributed by atoms with E-state index in [0.29, 0.717) is 28.6 Å². The number of carboxylic acids is 1. The maximum atomic E-state index is 13.9. The summed E-state index contributed by atoms with van der Waals surface area (Å²) in [6, 6.07) is 19.9. The summed E-state index contributed by atoms with van der Waals surface area (Å²) >= 11 is 2.98. The van der Waals surface area contributed by atoms with Gasteiger partial charge >= 0.3 is 5.97 Å². The molecule has 0 unspecified atom stereocenters. The number of aromatic carboxylic acids is 1. The second kappa shape index (κ2) is 11.6. The summed E-state index contributed by atoms with van der Waals surface area (Å²) in [7, 11) is 0. The number of aryl methyl sites for hydroxylation is 2. The standard InChI is InChI=1S/C35H32N4O3S2/c1-21-18-24(22(2)39(21)33-31(34(41)42)27-13-7-9-15-29(27)43-33)19-30-32(40)38(35(44-30)37-25-10-4-3-5-11-25)17-16-23-20-36-28-14-8-6-12-26(23)28/h3-6,8,10-12,14,18-20,36H,7,9,13,15-17H2,1-2H3,(H,41,42)/b30-19-,37-35?. The van der Waals surface area contributed by atoms with Gasteiger partial charge in [0.2, 0.25) is 0 Å². The van der Waals surface area contributed by atoms with Crippen molar-refractivity contribution in [1.29, 1.82) is 0 Å². The molecule has 44 heavy (non-hydrogen) atoms. The Balaban J connectivity index is 1.24. The minimum atomic E-state index is -0.874. The number of fused-ring (bicyclic) bond motifs is 2.